The predicted molar refractivity (Wildman–Crippen MR) is 77.2 cm³/mol. The van der Waals surface area contributed by atoms with E-state index in [0.717, 1.165) is 6.54 Å². The van der Waals surface area contributed by atoms with Crippen LogP contribution in [-0.4, -0.2) is 44.5 Å². The Kier molecular flexibility index (Phi) is 6.61. The van der Waals surface area contributed by atoms with Crippen molar-refractivity contribution in [1.29, 1.82) is 0 Å². The van der Waals surface area contributed by atoms with Gasteiger partial charge in [-0.3, -0.25) is 4.99 Å². The molecule has 0 aromatic heterocycles. The highest BCUT2D eigenvalue weighted by molar-refractivity contribution is 14.0. The van der Waals surface area contributed by atoms with Gasteiger partial charge >= 0.3 is 0 Å². The van der Waals surface area contributed by atoms with Crippen molar-refractivity contribution >= 4 is 39.8 Å². The largest absolute Gasteiger partial charge is 0.355 e. The van der Waals surface area contributed by atoms with Gasteiger partial charge in [0, 0.05) is 12.6 Å². The lowest BCUT2D eigenvalue weighted by Gasteiger charge is -2.10. The Bertz CT molecular complexity index is 341. The van der Waals surface area contributed by atoms with Crippen molar-refractivity contribution in [1.82, 2.24) is 10.6 Å². The first kappa shape index (κ1) is 16.0. The average Bonchev–Trinajstić information content (AvgIpc) is 2.51. The summed E-state index contributed by atoms with van der Waals surface area (Å²) in [7, 11) is -2.95. The fraction of sp³-hybridized carbons (Fsp3) is 0.889. The van der Waals surface area contributed by atoms with E-state index in [1.807, 2.05) is 6.92 Å². The zero-order valence-corrected chi connectivity index (χ0v) is 13.0. The van der Waals surface area contributed by atoms with Crippen molar-refractivity contribution in [2.45, 2.75) is 32.1 Å². The van der Waals surface area contributed by atoms with Crippen LogP contribution in [0.1, 0.15) is 20.8 Å². The average molecular weight is 361 g/mol. The van der Waals surface area contributed by atoms with Crippen LogP contribution < -0.4 is 10.6 Å². The summed E-state index contributed by atoms with van der Waals surface area (Å²) in [6.45, 7) is 6.59. The lowest BCUT2D eigenvalue weighted by molar-refractivity contribution is 0.586. The van der Waals surface area contributed by atoms with E-state index in [0.29, 0.717) is 18.5 Å². The second kappa shape index (κ2) is 6.63. The Balaban J connectivity index is 0.00000225. The number of nitrogens with one attached hydrogen (secondary N) is 2. The van der Waals surface area contributed by atoms with Gasteiger partial charge in [0.2, 0.25) is 0 Å². The van der Waals surface area contributed by atoms with Crippen molar-refractivity contribution in [2.24, 2.45) is 4.99 Å². The summed E-state index contributed by atoms with van der Waals surface area (Å²) in [5, 5.41) is 5.79. The maximum atomic E-state index is 11.5. The van der Waals surface area contributed by atoms with Gasteiger partial charge in [-0.15, -0.1) is 24.0 Å². The molecule has 0 saturated heterocycles. The highest BCUT2D eigenvalue weighted by Crippen LogP contribution is 1.99. The zero-order valence-electron chi connectivity index (χ0n) is 9.86. The lowest BCUT2D eigenvalue weighted by atomic mass is 10.4. The van der Waals surface area contributed by atoms with Gasteiger partial charge in [-0.2, -0.15) is 0 Å². The highest BCUT2D eigenvalue weighted by atomic mass is 127. The Labute approximate surface area is 114 Å². The van der Waals surface area contributed by atoms with Crippen LogP contribution in [0.3, 0.4) is 0 Å². The van der Waals surface area contributed by atoms with Crippen LogP contribution in [0.4, 0.5) is 0 Å². The van der Waals surface area contributed by atoms with Gasteiger partial charge in [0.05, 0.1) is 17.5 Å². The molecule has 0 aromatic rings. The maximum absolute atomic E-state index is 11.5. The van der Waals surface area contributed by atoms with E-state index in [2.05, 4.69) is 15.6 Å². The molecule has 0 fully saturated rings. The summed E-state index contributed by atoms with van der Waals surface area (Å²) in [4.78, 5) is 4.18. The first-order chi connectivity index (χ1) is 6.92. The number of nitrogens with zero attached hydrogens (tertiary/aromatic N) is 1. The van der Waals surface area contributed by atoms with Gasteiger partial charge in [-0.05, 0) is 20.8 Å². The summed E-state index contributed by atoms with van der Waals surface area (Å²) >= 11 is 0. The molecule has 16 heavy (non-hydrogen) atoms. The first-order valence-corrected chi connectivity index (χ1v) is 6.90. The van der Waals surface area contributed by atoms with Crippen LogP contribution in [0, 0.1) is 0 Å². The molecule has 0 aromatic carbocycles. The molecule has 0 saturated carbocycles. The van der Waals surface area contributed by atoms with Crippen LogP contribution in [0.5, 0.6) is 0 Å². The van der Waals surface area contributed by atoms with Gasteiger partial charge in [0.25, 0.3) is 0 Å². The Hall–Kier alpha value is -0.0500. The predicted octanol–water partition coefficient (Wildman–Crippen LogP) is 0.365. The zero-order chi connectivity index (χ0) is 11.5. The molecule has 7 heteroatoms. The smallest absolute Gasteiger partial charge is 0.191 e. The Morgan fingerprint density at radius 2 is 2.19 bits per heavy atom. The topological polar surface area (TPSA) is 70.6 Å². The molecule has 1 aliphatic rings. The number of aliphatic imine (C=N–C) groups is 1. The molecule has 1 unspecified atom stereocenters. The number of halogens is 1. The van der Waals surface area contributed by atoms with Crippen molar-refractivity contribution in [3.8, 4) is 0 Å². The van der Waals surface area contributed by atoms with Crippen molar-refractivity contribution in [3.63, 3.8) is 0 Å². The fourth-order valence-electron chi connectivity index (χ4n) is 1.21. The Morgan fingerprint density at radius 1 is 1.56 bits per heavy atom. The van der Waals surface area contributed by atoms with Crippen LogP contribution >= 0.6 is 24.0 Å². The van der Waals surface area contributed by atoms with Gasteiger partial charge in [0.1, 0.15) is 0 Å². The van der Waals surface area contributed by atoms with Crippen LogP contribution in [0.2, 0.25) is 0 Å². The molecular weight excluding hydrogens is 341 g/mol. The third-order valence-corrected chi connectivity index (χ3v) is 4.51. The SMILES string of the molecule is CC1CN=C(NCCS(=O)(=O)C(C)C)N1.I. The van der Waals surface area contributed by atoms with E-state index in [4.69, 9.17) is 0 Å². The summed E-state index contributed by atoms with van der Waals surface area (Å²) in [5.74, 6) is 0.862. The van der Waals surface area contributed by atoms with Crippen LogP contribution in [-0.2, 0) is 9.84 Å². The van der Waals surface area contributed by atoms with Crippen LogP contribution in [0.15, 0.2) is 4.99 Å². The third kappa shape index (κ3) is 4.86. The van der Waals surface area contributed by atoms with Crippen molar-refractivity contribution in [3.05, 3.63) is 0 Å². The van der Waals surface area contributed by atoms with Gasteiger partial charge in [-0.1, -0.05) is 0 Å². The van der Waals surface area contributed by atoms with E-state index >= 15 is 0 Å². The second-order valence-electron chi connectivity index (χ2n) is 4.08. The standard InChI is InChI=1S/C9H19N3O2S.HI/c1-7(2)15(13,14)5-4-10-9-11-6-8(3)12-9;/h7-8H,4-6H2,1-3H3,(H2,10,11,12);1H. The number of sulfone groups is 1. The molecule has 5 nitrogen and oxygen atoms in total. The number of guanidine groups is 1. The molecule has 0 aliphatic carbocycles. The summed E-state index contributed by atoms with van der Waals surface area (Å²) in [5.41, 5.74) is 0. The molecule has 0 bridgehead atoms. The van der Waals surface area contributed by atoms with Crippen molar-refractivity contribution in [2.75, 3.05) is 18.8 Å². The highest BCUT2D eigenvalue weighted by Gasteiger charge is 2.17. The molecule has 1 rings (SSSR count). The normalized spacial score (nSPS) is 20.0. The fourth-order valence-corrected chi connectivity index (χ4v) is 2.07. The molecule has 0 radical (unpaired) electrons. The summed E-state index contributed by atoms with van der Waals surface area (Å²) in [6.07, 6.45) is 0. The van der Waals surface area contributed by atoms with Gasteiger partial charge in [-0.25, -0.2) is 8.42 Å². The number of hydrogen-bond acceptors (Lipinski definition) is 5. The first-order valence-electron chi connectivity index (χ1n) is 5.18. The molecule has 0 amide bonds. The van der Waals surface area contributed by atoms with E-state index in [1.165, 1.54) is 0 Å². The molecule has 0 spiro atoms. The third-order valence-electron chi connectivity index (χ3n) is 2.30. The second-order valence-corrected chi connectivity index (χ2v) is 6.75. The van der Waals surface area contributed by atoms with E-state index in [1.54, 1.807) is 13.8 Å². The molecule has 1 heterocycles. The molecular formula is C9H20IN3O2S. The summed E-state index contributed by atoms with van der Waals surface area (Å²) < 4.78 is 22.9. The number of hydrogen-bond donors (Lipinski definition) is 2. The molecule has 1 atom stereocenters. The van der Waals surface area contributed by atoms with Crippen LogP contribution in [0.25, 0.3) is 0 Å². The lowest BCUT2D eigenvalue weighted by Crippen LogP contribution is -2.40. The van der Waals surface area contributed by atoms with Crippen molar-refractivity contribution < 1.29 is 8.42 Å². The minimum absolute atomic E-state index is 0. The molecule has 2 N–H and O–H groups in total. The minimum atomic E-state index is -2.95. The number of rotatable bonds is 4. The van der Waals surface area contributed by atoms with Gasteiger partial charge in [0.15, 0.2) is 15.8 Å². The minimum Gasteiger partial charge on any atom is -0.355 e. The van der Waals surface area contributed by atoms with E-state index in [-0.39, 0.29) is 35.0 Å². The summed E-state index contributed by atoms with van der Waals surface area (Å²) in [6, 6.07) is 0.342. The Morgan fingerprint density at radius 3 is 2.62 bits per heavy atom. The maximum Gasteiger partial charge on any atom is 0.191 e. The molecule has 96 valence electrons. The monoisotopic (exact) mass is 361 g/mol. The van der Waals surface area contributed by atoms with Gasteiger partial charge < -0.3 is 10.6 Å². The quantitative estimate of drug-likeness (QED) is 0.710. The van der Waals surface area contributed by atoms with E-state index in [9.17, 15) is 8.42 Å². The van der Waals surface area contributed by atoms with E-state index < -0.39 is 9.84 Å². The molecule has 1 aliphatic heterocycles.